The normalized spacial score (nSPS) is 19.8. The monoisotopic (exact) mass is 221 g/mol. The van der Waals surface area contributed by atoms with Crippen molar-refractivity contribution >= 4 is 17.5 Å². The zero-order valence-corrected chi connectivity index (χ0v) is 9.18. The number of nitrogens with zero attached hydrogens (tertiary/aromatic N) is 3. The van der Waals surface area contributed by atoms with E-state index in [0.717, 1.165) is 19.4 Å². The van der Waals surface area contributed by atoms with Crippen LogP contribution in [-0.4, -0.2) is 35.5 Å². The molecule has 1 saturated heterocycles. The van der Waals surface area contributed by atoms with Crippen LogP contribution in [0.4, 0.5) is 11.6 Å². The molecule has 0 aromatic carbocycles. The number of hydrogen-bond donors (Lipinski definition) is 2. The molecule has 16 heavy (non-hydrogen) atoms. The first kappa shape index (κ1) is 10.7. The first-order valence-corrected chi connectivity index (χ1v) is 5.28. The fourth-order valence-corrected chi connectivity index (χ4v) is 1.99. The third kappa shape index (κ3) is 1.91. The van der Waals surface area contributed by atoms with Gasteiger partial charge in [-0.2, -0.15) is 0 Å². The average molecular weight is 221 g/mol. The Bertz CT molecular complexity index is 395. The molecule has 1 aliphatic rings. The van der Waals surface area contributed by atoms with Crippen LogP contribution in [0.5, 0.6) is 0 Å². The lowest BCUT2D eigenvalue weighted by molar-refractivity contribution is -0.121. The molecule has 0 radical (unpaired) electrons. The van der Waals surface area contributed by atoms with E-state index in [2.05, 4.69) is 15.3 Å². The summed E-state index contributed by atoms with van der Waals surface area (Å²) in [6, 6.07) is -0.152. The number of aromatic nitrogens is 2. The van der Waals surface area contributed by atoms with E-state index in [1.54, 1.807) is 13.2 Å². The van der Waals surface area contributed by atoms with E-state index in [9.17, 15) is 4.79 Å². The number of carbonyl (C=O) groups is 1. The highest BCUT2D eigenvalue weighted by Crippen LogP contribution is 2.23. The van der Waals surface area contributed by atoms with Crippen LogP contribution in [0.3, 0.4) is 0 Å². The second-order valence-electron chi connectivity index (χ2n) is 3.77. The van der Waals surface area contributed by atoms with Crippen molar-refractivity contribution in [3.63, 3.8) is 0 Å². The molecule has 0 spiro atoms. The predicted molar refractivity (Wildman–Crippen MR) is 60.9 cm³/mol. The third-order valence-corrected chi connectivity index (χ3v) is 2.74. The summed E-state index contributed by atoms with van der Waals surface area (Å²) in [4.78, 5) is 21.8. The lowest BCUT2D eigenvalue weighted by Crippen LogP contribution is -2.42. The second kappa shape index (κ2) is 4.34. The molecule has 0 bridgehead atoms. The van der Waals surface area contributed by atoms with Crippen LogP contribution in [0.15, 0.2) is 12.4 Å². The molecule has 1 aromatic heterocycles. The SMILES string of the molecule is CNC(=O)C1CCCN1c1cncc(N)n1. The van der Waals surface area contributed by atoms with Crippen LogP contribution in [0.25, 0.3) is 0 Å². The van der Waals surface area contributed by atoms with Crippen LogP contribution in [0, 0.1) is 0 Å². The van der Waals surface area contributed by atoms with Crippen molar-refractivity contribution in [2.24, 2.45) is 0 Å². The van der Waals surface area contributed by atoms with Crippen LogP contribution in [0.1, 0.15) is 12.8 Å². The van der Waals surface area contributed by atoms with Gasteiger partial charge in [-0.15, -0.1) is 0 Å². The van der Waals surface area contributed by atoms with Crippen LogP contribution in [-0.2, 0) is 4.79 Å². The van der Waals surface area contributed by atoms with Crippen molar-refractivity contribution in [2.75, 3.05) is 24.2 Å². The van der Waals surface area contributed by atoms with E-state index in [4.69, 9.17) is 5.73 Å². The predicted octanol–water partition coefficient (Wildman–Crippen LogP) is -0.226. The van der Waals surface area contributed by atoms with E-state index in [1.807, 2.05) is 4.90 Å². The van der Waals surface area contributed by atoms with Gasteiger partial charge < -0.3 is 16.0 Å². The number of carbonyl (C=O) groups excluding carboxylic acids is 1. The van der Waals surface area contributed by atoms with Gasteiger partial charge in [-0.3, -0.25) is 9.78 Å². The summed E-state index contributed by atoms with van der Waals surface area (Å²) in [6.07, 6.45) is 4.96. The summed E-state index contributed by atoms with van der Waals surface area (Å²) >= 11 is 0. The van der Waals surface area contributed by atoms with Gasteiger partial charge in [-0.1, -0.05) is 0 Å². The Morgan fingerprint density at radius 1 is 1.62 bits per heavy atom. The number of nitrogens with one attached hydrogen (secondary N) is 1. The number of nitrogen functional groups attached to an aromatic ring is 1. The molecule has 1 aliphatic heterocycles. The van der Waals surface area contributed by atoms with Crippen LogP contribution in [0.2, 0.25) is 0 Å². The molecule has 1 unspecified atom stereocenters. The van der Waals surface area contributed by atoms with Gasteiger partial charge in [0, 0.05) is 13.6 Å². The van der Waals surface area contributed by atoms with Gasteiger partial charge in [0.05, 0.1) is 12.4 Å². The summed E-state index contributed by atoms with van der Waals surface area (Å²) < 4.78 is 0. The molecule has 0 saturated carbocycles. The third-order valence-electron chi connectivity index (χ3n) is 2.74. The quantitative estimate of drug-likeness (QED) is 0.721. The molecule has 2 heterocycles. The standard InChI is InChI=1S/C10H15N5O/c1-12-10(16)7-3-2-4-15(7)9-6-13-5-8(11)14-9/h5-7H,2-4H2,1H3,(H2,11,14)(H,12,16). The van der Waals surface area contributed by atoms with E-state index < -0.39 is 0 Å². The Hall–Kier alpha value is -1.85. The Balaban J connectivity index is 2.23. The van der Waals surface area contributed by atoms with Crippen molar-refractivity contribution < 1.29 is 4.79 Å². The Morgan fingerprint density at radius 3 is 3.12 bits per heavy atom. The first-order chi connectivity index (χ1) is 7.72. The minimum absolute atomic E-state index is 0.0155. The molecule has 1 amide bonds. The van der Waals surface area contributed by atoms with Crippen LogP contribution >= 0.6 is 0 Å². The lowest BCUT2D eigenvalue weighted by Gasteiger charge is -2.23. The number of nitrogens with two attached hydrogens (primary N) is 1. The first-order valence-electron chi connectivity index (χ1n) is 5.28. The molecule has 6 nitrogen and oxygen atoms in total. The highest BCUT2D eigenvalue weighted by atomic mass is 16.2. The molecule has 1 fully saturated rings. The highest BCUT2D eigenvalue weighted by molar-refractivity contribution is 5.85. The van der Waals surface area contributed by atoms with Crippen molar-refractivity contribution in [2.45, 2.75) is 18.9 Å². The van der Waals surface area contributed by atoms with Gasteiger partial charge in [-0.25, -0.2) is 4.98 Å². The molecule has 1 aromatic rings. The molecule has 1 atom stereocenters. The minimum atomic E-state index is -0.152. The maximum atomic E-state index is 11.7. The second-order valence-corrected chi connectivity index (χ2v) is 3.77. The van der Waals surface area contributed by atoms with Crippen molar-refractivity contribution in [1.82, 2.24) is 15.3 Å². The summed E-state index contributed by atoms with van der Waals surface area (Å²) in [5.41, 5.74) is 5.58. The Morgan fingerprint density at radius 2 is 2.44 bits per heavy atom. The average Bonchev–Trinajstić information content (AvgIpc) is 2.77. The smallest absolute Gasteiger partial charge is 0.242 e. The summed E-state index contributed by atoms with van der Waals surface area (Å²) in [7, 11) is 1.64. The van der Waals surface area contributed by atoms with Gasteiger partial charge in [0.2, 0.25) is 5.91 Å². The molecule has 0 aliphatic carbocycles. The van der Waals surface area contributed by atoms with Gasteiger partial charge >= 0.3 is 0 Å². The fraction of sp³-hybridized carbons (Fsp3) is 0.500. The van der Waals surface area contributed by atoms with Crippen molar-refractivity contribution in [3.8, 4) is 0 Å². The summed E-state index contributed by atoms with van der Waals surface area (Å²) in [5.74, 6) is 1.06. The van der Waals surface area contributed by atoms with E-state index in [1.165, 1.54) is 6.20 Å². The van der Waals surface area contributed by atoms with Gasteiger partial charge in [0.1, 0.15) is 17.7 Å². The van der Waals surface area contributed by atoms with Crippen LogP contribution < -0.4 is 16.0 Å². The lowest BCUT2D eigenvalue weighted by atomic mass is 10.2. The van der Waals surface area contributed by atoms with E-state index in [-0.39, 0.29) is 11.9 Å². The van der Waals surface area contributed by atoms with Gasteiger partial charge in [0.25, 0.3) is 0 Å². The zero-order chi connectivity index (χ0) is 11.5. The zero-order valence-electron chi connectivity index (χ0n) is 9.18. The minimum Gasteiger partial charge on any atom is -0.382 e. The molecule has 86 valence electrons. The van der Waals surface area contributed by atoms with E-state index >= 15 is 0 Å². The van der Waals surface area contributed by atoms with Crippen molar-refractivity contribution in [3.05, 3.63) is 12.4 Å². The number of amides is 1. The molecular formula is C10H15N5O. The maximum Gasteiger partial charge on any atom is 0.242 e. The Kier molecular flexibility index (Phi) is 2.89. The molecule has 2 rings (SSSR count). The largest absolute Gasteiger partial charge is 0.382 e. The fourth-order valence-electron chi connectivity index (χ4n) is 1.99. The Labute approximate surface area is 93.9 Å². The number of rotatable bonds is 2. The molecular weight excluding hydrogens is 206 g/mol. The maximum absolute atomic E-state index is 11.7. The van der Waals surface area contributed by atoms with Gasteiger partial charge in [0.15, 0.2) is 0 Å². The highest BCUT2D eigenvalue weighted by Gasteiger charge is 2.31. The topological polar surface area (TPSA) is 84.1 Å². The number of hydrogen-bond acceptors (Lipinski definition) is 5. The molecule has 3 N–H and O–H groups in total. The summed E-state index contributed by atoms with van der Waals surface area (Å²) in [5, 5.41) is 2.66. The van der Waals surface area contributed by atoms with E-state index in [0.29, 0.717) is 11.6 Å². The number of anilines is 2. The number of likely N-dealkylation sites (N-methyl/N-ethyl adjacent to an activating group) is 1. The van der Waals surface area contributed by atoms with Crippen molar-refractivity contribution in [1.29, 1.82) is 0 Å². The molecule has 6 heteroatoms. The van der Waals surface area contributed by atoms with Gasteiger partial charge in [-0.05, 0) is 12.8 Å². The summed E-state index contributed by atoms with van der Waals surface area (Å²) in [6.45, 7) is 0.816.